The molecule has 0 heterocycles. The fraction of sp³-hybridized carbons (Fsp3) is 0.308. The van der Waals surface area contributed by atoms with Crippen LogP contribution in [0, 0.1) is 17.0 Å². The molecule has 0 aliphatic carbocycles. The summed E-state index contributed by atoms with van der Waals surface area (Å²) >= 11 is 0. The van der Waals surface area contributed by atoms with E-state index >= 15 is 0 Å². The SMILES string of the molecule is C=C(COc1cc([N+](=O)[O-])ccc1C)C(=O)OCC. The second-order valence-electron chi connectivity index (χ2n) is 3.82. The molecule has 1 rings (SSSR count). The van der Waals surface area contributed by atoms with Crippen LogP contribution in [-0.2, 0) is 9.53 Å². The number of benzene rings is 1. The van der Waals surface area contributed by atoms with Crippen molar-refractivity contribution in [2.24, 2.45) is 0 Å². The molecule has 102 valence electrons. The molecule has 0 saturated carbocycles. The molecule has 0 aromatic heterocycles. The number of carbonyl (C=O) groups excluding carboxylic acids is 1. The zero-order chi connectivity index (χ0) is 14.4. The summed E-state index contributed by atoms with van der Waals surface area (Å²) in [4.78, 5) is 21.5. The summed E-state index contributed by atoms with van der Waals surface area (Å²) in [7, 11) is 0. The van der Waals surface area contributed by atoms with Gasteiger partial charge in [-0.15, -0.1) is 0 Å². The van der Waals surface area contributed by atoms with Crippen LogP contribution in [0.5, 0.6) is 5.75 Å². The Bertz CT molecular complexity index is 510. The lowest BCUT2D eigenvalue weighted by Crippen LogP contribution is -2.13. The third-order valence-corrected chi connectivity index (χ3v) is 2.35. The highest BCUT2D eigenvalue weighted by Crippen LogP contribution is 2.24. The number of esters is 1. The second-order valence-corrected chi connectivity index (χ2v) is 3.82. The average Bonchev–Trinajstić information content (AvgIpc) is 2.37. The molecule has 0 bridgehead atoms. The van der Waals surface area contributed by atoms with Crippen LogP contribution in [0.1, 0.15) is 12.5 Å². The highest BCUT2D eigenvalue weighted by Gasteiger charge is 2.12. The number of non-ortho nitro benzene ring substituents is 1. The molecule has 6 nitrogen and oxygen atoms in total. The third-order valence-electron chi connectivity index (χ3n) is 2.35. The standard InChI is InChI=1S/C13H15NO5/c1-4-18-13(15)10(3)8-19-12-7-11(14(16)17)6-5-9(12)2/h5-7H,3-4,8H2,1-2H3. The van der Waals surface area contributed by atoms with Crippen LogP contribution in [0.2, 0.25) is 0 Å². The zero-order valence-corrected chi connectivity index (χ0v) is 10.8. The predicted molar refractivity (Wildman–Crippen MR) is 69.1 cm³/mol. The number of carbonyl (C=O) groups is 1. The van der Waals surface area contributed by atoms with E-state index in [1.807, 2.05) is 0 Å². The molecule has 0 saturated heterocycles. The van der Waals surface area contributed by atoms with E-state index in [0.29, 0.717) is 5.75 Å². The fourth-order valence-electron chi connectivity index (χ4n) is 1.31. The molecule has 0 fully saturated rings. The molecule has 0 unspecified atom stereocenters. The van der Waals surface area contributed by atoms with Gasteiger partial charge in [0.25, 0.3) is 5.69 Å². The predicted octanol–water partition coefficient (Wildman–Crippen LogP) is 2.40. The van der Waals surface area contributed by atoms with Gasteiger partial charge in [-0.25, -0.2) is 4.79 Å². The summed E-state index contributed by atoms with van der Waals surface area (Å²) in [5, 5.41) is 10.7. The molecule has 0 aliphatic heterocycles. The van der Waals surface area contributed by atoms with Crippen molar-refractivity contribution in [1.29, 1.82) is 0 Å². The maximum atomic E-state index is 11.3. The first-order valence-electron chi connectivity index (χ1n) is 5.68. The Balaban J connectivity index is 2.72. The topological polar surface area (TPSA) is 78.7 Å². The van der Waals surface area contributed by atoms with E-state index in [1.54, 1.807) is 19.9 Å². The van der Waals surface area contributed by atoms with Crippen molar-refractivity contribution < 1.29 is 19.2 Å². The highest BCUT2D eigenvalue weighted by atomic mass is 16.6. The summed E-state index contributed by atoms with van der Waals surface area (Å²) in [6.45, 7) is 7.18. The number of rotatable bonds is 6. The number of nitro groups is 1. The maximum absolute atomic E-state index is 11.3. The van der Waals surface area contributed by atoms with E-state index in [2.05, 4.69) is 6.58 Å². The first-order valence-corrected chi connectivity index (χ1v) is 5.68. The number of hydrogen-bond donors (Lipinski definition) is 0. The first-order chi connectivity index (χ1) is 8.95. The molecule has 0 N–H and O–H groups in total. The molecule has 0 atom stereocenters. The van der Waals surface area contributed by atoms with Gasteiger partial charge < -0.3 is 9.47 Å². The van der Waals surface area contributed by atoms with Gasteiger partial charge >= 0.3 is 5.97 Å². The van der Waals surface area contributed by atoms with E-state index in [9.17, 15) is 14.9 Å². The lowest BCUT2D eigenvalue weighted by Gasteiger charge is -2.10. The number of nitrogens with zero attached hydrogens (tertiary/aromatic N) is 1. The van der Waals surface area contributed by atoms with Gasteiger partial charge in [-0.3, -0.25) is 10.1 Å². The number of hydrogen-bond acceptors (Lipinski definition) is 5. The Morgan fingerprint density at radius 3 is 2.74 bits per heavy atom. The number of aryl methyl sites for hydroxylation is 1. The molecule has 1 aromatic rings. The molecule has 0 spiro atoms. The van der Waals surface area contributed by atoms with Crippen LogP contribution in [-0.4, -0.2) is 24.1 Å². The van der Waals surface area contributed by atoms with Gasteiger partial charge in [-0.2, -0.15) is 0 Å². The Morgan fingerprint density at radius 2 is 2.16 bits per heavy atom. The van der Waals surface area contributed by atoms with Crippen LogP contribution in [0.15, 0.2) is 30.4 Å². The van der Waals surface area contributed by atoms with Crippen molar-refractivity contribution >= 4 is 11.7 Å². The van der Waals surface area contributed by atoms with E-state index < -0.39 is 10.9 Å². The molecule has 0 radical (unpaired) electrons. The summed E-state index contributed by atoms with van der Waals surface area (Å²) in [5.41, 5.74) is 0.831. The van der Waals surface area contributed by atoms with Gasteiger partial charge in [0.2, 0.25) is 0 Å². The molecule has 0 aliphatic rings. The maximum Gasteiger partial charge on any atom is 0.336 e. The van der Waals surface area contributed by atoms with Gasteiger partial charge in [0, 0.05) is 6.07 Å². The second kappa shape index (κ2) is 6.53. The molecule has 1 aromatic carbocycles. The van der Waals surface area contributed by atoms with Crippen molar-refractivity contribution in [3.63, 3.8) is 0 Å². The molecular weight excluding hydrogens is 250 g/mol. The van der Waals surface area contributed by atoms with Gasteiger partial charge in [-0.1, -0.05) is 6.58 Å². The van der Waals surface area contributed by atoms with Gasteiger partial charge in [-0.05, 0) is 25.5 Å². The minimum atomic E-state index is -0.536. The minimum Gasteiger partial charge on any atom is -0.488 e. The fourth-order valence-corrected chi connectivity index (χ4v) is 1.31. The van der Waals surface area contributed by atoms with Crippen molar-refractivity contribution in [3.05, 3.63) is 46.0 Å². The summed E-state index contributed by atoms with van der Waals surface area (Å²) in [6, 6.07) is 4.29. The molecule has 19 heavy (non-hydrogen) atoms. The monoisotopic (exact) mass is 265 g/mol. The van der Waals surface area contributed by atoms with Crippen LogP contribution >= 0.6 is 0 Å². The third kappa shape index (κ3) is 4.09. The average molecular weight is 265 g/mol. The normalized spacial score (nSPS) is 9.79. The summed E-state index contributed by atoms with van der Waals surface area (Å²) < 4.78 is 10.1. The zero-order valence-electron chi connectivity index (χ0n) is 10.8. The molecule has 6 heteroatoms. The van der Waals surface area contributed by atoms with Crippen LogP contribution < -0.4 is 4.74 Å². The Kier molecular flexibility index (Phi) is 5.05. The van der Waals surface area contributed by atoms with Crippen LogP contribution in [0.3, 0.4) is 0 Å². The van der Waals surface area contributed by atoms with E-state index in [-0.39, 0.29) is 24.5 Å². The molecule has 0 amide bonds. The van der Waals surface area contributed by atoms with Crippen LogP contribution in [0.25, 0.3) is 0 Å². The lowest BCUT2D eigenvalue weighted by atomic mass is 10.2. The number of ether oxygens (including phenoxy) is 2. The van der Waals surface area contributed by atoms with E-state index in [4.69, 9.17) is 9.47 Å². The lowest BCUT2D eigenvalue weighted by molar-refractivity contribution is -0.384. The van der Waals surface area contributed by atoms with Crippen molar-refractivity contribution in [2.75, 3.05) is 13.2 Å². The van der Waals surface area contributed by atoms with E-state index in [0.717, 1.165) is 5.56 Å². The summed E-state index contributed by atoms with van der Waals surface area (Å²) in [5.74, 6) is -0.190. The number of nitro benzene ring substituents is 1. The van der Waals surface area contributed by atoms with Crippen molar-refractivity contribution in [1.82, 2.24) is 0 Å². The van der Waals surface area contributed by atoms with Crippen LogP contribution in [0.4, 0.5) is 5.69 Å². The Labute approximate surface area is 110 Å². The van der Waals surface area contributed by atoms with Crippen molar-refractivity contribution in [2.45, 2.75) is 13.8 Å². The largest absolute Gasteiger partial charge is 0.488 e. The van der Waals surface area contributed by atoms with Crippen molar-refractivity contribution in [3.8, 4) is 5.75 Å². The highest BCUT2D eigenvalue weighted by molar-refractivity contribution is 5.88. The first kappa shape index (κ1) is 14.7. The quantitative estimate of drug-likeness (QED) is 0.341. The Hall–Kier alpha value is -2.37. The van der Waals surface area contributed by atoms with Gasteiger partial charge in [0.15, 0.2) is 0 Å². The molecular formula is C13H15NO5. The smallest absolute Gasteiger partial charge is 0.336 e. The minimum absolute atomic E-state index is 0.0673. The van der Waals surface area contributed by atoms with Gasteiger partial charge in [0.05, 0.1) is 23.2 Å². The van der Waals surface area contributed by atoms with Gasteiger partial charge in [0.1, 0.15) is 12.4 Å². The van der Waals surface area contributed by atoms with E-state index in [1.165, 1.54) is 12.1 Å². The Morgan fingerprint density at radius 1 is 1.47 bits per heavy atom. The summed E-state index contributed by atoms with van der Waals surface area (Å²) in [6.07, 6.45) is 0.